The predicted octanol–water partition coefficient (Wildman–Crippen LogP) is 0.361. The minimum atomic E-state index is -0.819. The molecule has 6 nitrogen and oxygen atoms in total. The van der Waals surface area contributed by atoms with E-state index in [0.29, 0.717) is 0 Å². The SMILES string of the molecule is CCC(=O)OC(=O)C(NC(=N)N)C(C)(C)C.[Fe]. The van der Waals surface area contributed by atoms with Gasteiger partial charge in [-0.15, -0.1) is 0 Å². The first-order valence-corrected chi connectivity index (χ1v) is 5.03. The molecule has 1 atom stereocenters. The van der Waals surface area contributed by atoms with E-state index < -0.39 is 23.4 Å². The maximum atomic E-state index is 11.6. The van der Waals surface area contributed by atoms with Crippen LogP contribution in [0.15, 0.2) is 0 Å². The Balaban J connectivity index is 0. The largest absolute Gasteiger partial charge is 0.392 e. The summed E-state index contributed by atoms with van der Waals surface area (Å²) in [6, 6.07) is -0.819. The molecule has 0 rings (SSSR count). The van der Waals surface area contributed by atoms with E-state index in [0.717, 1.165) is 0 Å². The molecule has 4 N–H and O–H groups in total. The summed E-state index contributed by atoms with van der Waals surface area (Å²) in [5.41, 5.74) is 4.67. The molecule has 0 fully saturated rings. The fraction of sp³-hybridized carbons (Fsp3) is 0.700. The maximum Gasteiger partial charge on any atom is 0.336 e. The molecule has 0 saturated carbocycles. The van der Waals surface area contributed by atoms with Gasteiger partial charge in [-0.2, -0.15) is 0 Å². The Morgan fingerprint density at radius 1 is 1.41 bits per heavy atom. The predicted molar refractivity (Wildman–Crippen MR) is 59.7 cm³/mol. The van der Waals surface area contributed by atoms with Crippen LogP contribution < -0.4 is 11.1 Å². The van der Waals surface area contributed by atoms with E-state index in [4.69, 9.17) is 11.1 Å². The van der Waals surface area contributed by atoms with E-state index in [-0.39, 0.29) is 29.4 Å². The summed E-state index contributed by atoms with van der Waals surface area (Å²) in [5, 5.41) is 9.58. The first-order chi connectivity index (χ1) is 7.18. The van der Waals surface area contributed by atoms with E-state index in [2.05, 4.69) is 10.1 Å². The van der Waals surface area contributed by atoms with Crippen LogP contribution in [0.25, 0.3) is 0 Å². The summed E-state index contributed by atoms with van der Waals surface area (Å²) in [4.78, 5) is 22.6. The third kappa shape index (κ3) is 6.97. The van der Waals surface area contributed by atoms with Crippen molar-refractivity contribution in [3.8, 4) is 0 Å². The van der Waals surface area contributed by atoms with Crippen molar-refractivity contribution >= 4 is 17.9 Å². The molecule has 0 bridgehead atoms. The van der Waals surface area contributed by atoms with Gasteiger partial charge in [0.05, 0.1) is 0 Å². The van der Waals surface area contributed by atoms with Crippen LogP contribution in [0.3, 0.4) is 0 Å². The Kier molecular flexibility index (Phi) is 7.85. The maximum absolute atomic E-state index is 11.6. The first-order valence-electron chi connectivity index (χ1n) is 5.03. The number of hydrogen-bond donors (Lipinski definition) is 3. The van der Waals surface area contributed by atoms with Crippen molar-refractivity contribution in [1.82, 2.24) is 5.32 Å². The van der Waals surface area contributed by atoms with Gasteiger partial charge in [-0.1, -0.05) is 27.7 Å². The zero-order chi connectivity index (χ0) is 12.9. The van der Waals surface area contributed by atoms with Crippen LogP contribution in [0.5, 0.6) is 0 Å². The molecule has 1 unspecified atom stereocenters. The van der Waals surface area contributed by atoms with E-state index >= 15 is 0 Å². The van der Waals surface area contributed by atoms with Crippen LogP contribution in [-0.2, 0) is 31.4 Å². The fourth-order valence-electron chi connectivity index (χ4n) is 1.03. The molecule has 0 aromatic carbocycles. The third-order valence-corrected chi connectivity index (χ3v) is 1.90. The number of rotatable bonds is 3. The van der Waals surface area contributed by atoms with E-state index in [9.17, 15) is 9.59 Å². The molecule has 0 amide bonds. The Hall–Kier alpha value is -1.07. The Morgan fingerprint density at radius 3 is 2.18 bits per heavy atom. The molecule has 0 heterocycles. The molecule has 0 aliphatic heterocycles. The van der Waals surface area contributed by atoms with Gasteiger partial charge in [0.2, 0.25) is 0 Å². The number of carbonyl (C=O) groups excluding carboxylic acids is 2. The van der Waals surface area contributed by atoms with Gasteiger partial charge >= 0.3 is 11.9 Å². The Labute approximate surface area is 112 Å². The molecule has 0 saturated heterocycles. The zero-order valence-corrected chi connectivity index (χ0v) is 11.5. The molecular weight excluding hydrogens is 266 g/mol. The van der Waals surface area contributed by atoms with Crippen molar-refractivity contribution in [2.75, 3.05) is 0 Å². The molecule has 0 aromatic heterocycles. The Morgan fingerprint density at radius 2 is 1.88 bits per heavy atom. The number of hydrogen-bond acceptors (Lipinski definition) is 4. The molecule has 0 radical (unpaired) electrons. The van der Waals surface area contributed by atoms with E-state index in [1.807, 2.05) is 0 Å². The van der Waals surface area contributed by atoms with Gasteiger partial charge in [0, 0.05) is 23.5 Å². The average Bonchev–Trinajstić information content (AvgIpc) is 2.11. The van der Waals surface area contributed by atoms with Gasteiger partial charge in [0.15, 0.2) is 5.96 Å². The average molecular weight is 285 g/mol. The molecule has 0 aliphatic carbocycles. The van der Waals surface area contributed by atoms with Gasteiger partial charge in [-0.3, -0.25) is 10.2 Å². The number of carbonyl (C=O) groups is 2. The quantitative estimate of drug-likeness (QED) is 0.228. The minimum Gasteiger partial charge on any atom is -0.392 e. The summed E-state index contributed by atoms with van der Waals surface area (Å²) < 4.78 is 4.60. The molecule has 0 aromatic rings. The van der Waals surface area contributed by atoms with Crippen molar-refractivity contribution in [2.45, 2.75) is 40.2 Å². The summed E-state index contributed by atoms with van der Waals surface area (Å²) in [5.74, 6) is -1.64. The van der Waals surface area contributed by atoms with Crippen LogP contribution in [0, 0.1) is 10.8 Å². The van der Waals surface area contributed by atoms with Gasteiger partial charge in [-0.25, -0.2) is 4.79 Å². The first kappa shape index (κ1) is 18.3. The Bertz CT molecular complexity index is 300. The fourth-order valence-corrected chi connectivity index (χ4v) is 1.03. The monoisotopic (exact) mass is 285 g/mol. The van der Waals surface area contributed by atoms with Gasteiger partial charge in [0.1, 0.15) is 6.04 Å². The van der Waals surface area contributed by atoms with Gasteiger partial charge < -0.3 is 15.8 Å². The van der Waals surface area contributed by atoms with E-state index in [1.165, 1.54) is 0 Å². The second kappa shape index (κ2) is 7.29. The van der Waals surface area contributed by atoms with Crippen molar-refractivity contribution in [1.29, 1.82) is 5.41 Å². The van der Waals surface area contributed by atoms with Crippen LogP contribution >= 0.6 is 0 Å². The zero-order valence-electron chi connectivity index (χ0n) is 10.4. The molecule has 100 valence electrons. The number of nitrogens with one attached hydrogen (secondary N) is 2. The van der Waals surface area contributed by atoms with Crippen LogP contribution in [-0.4, -0.2) is 23.9 Å². The second-order valence-electron chi connectivity index (χ2n) is 4.50. The van der Waals surface area contributed by atoms with Gasteiger partial charge in [-0.05, 0) is 5.41 Å². The topological polar surface area (TPSA) is 105 Å². The summed E-state index contributed by atoms with van der Waals surface area (Å²) in [6.07, 6.45) is 0.128. The normalized spacial score (nSPS) is 12.0. The van der Waals surface area contributed by atoms with Crippen LogP contribution in [0.2, 0.25) is 0 Å². The molecule has 7 heteroatoms. The smallest absolute Gasteiger partial charge is 0.336 e. The van der Waals surface area contributed by atoms with Gasteiger partial charge in [0.25, 0.3) is 0 Å². The third-order valence-electron chi connectivity index (χ3n) is 1.90. The summed E-state index contributed by atoms with van der Waals surface area (Å²) in [6.45, 7) is 6.95. The van der Waals surface area contributed by atoms with Crippen molar-refractivity contribution in [2.24, 2.45) is 11.1 Å². The van der Waals surface area contributed by atoms with E-state index in [1.54, 1.807) is 27.7 Å². The number of nitrogens with two attached hydrogens (primary N) is 1. The van der Waals surface area contributed by atoms with Crippen molar-refractivity contribution in [3.05, 3.63) is 0 Å². The number of esters is 2. The second-order valence-corrected chi connectivity index (χ2v) is 4.50. The molecule has 17 heavy (non-hydrogen) atoms. The summed E-state index contributed by atoms with van der Waals surface area (Å²) in [7, 11) is 0. The molecule has 0 aliphatic rings. The van der Waals surface area contributed by atoms with Crippen molar-refractivity contribution < 1.29 is 31.4 Å². The minimum absolute atomic E-state index is 0. The molecule has 0 spiro atoms. The van der Waals surface area contributed by atoms with Crippen LogP contribution in [0.4, 0.5) is 0 Å². The summed E-state index contributed by atoms with van der Waals surface area (Å²) >= 11 is 0. The number of ether oxygens (including phenoxy) is 1. The molecular formula is C10H19FeN3O3. The van der Waals surface area contributed by atoms with Crippen LogP contribution in [0.1, 0.15) is 34.1 Å². The number of guanidine groups is 1. The standard InChI is InChI=1S/C10H19N3O3.Fe/c1-5-6(14)16-8(15)7(10(2,3)4)13-9(11)12;/h7H,5H2,1-4H3,(H4,11,12,13);. The van der Waals surface area contributed by atoms with Crippen molar-refractivity contribution in [3.63, 3.8) is 0 Å².